The molecule has 0 spiro atoms. The van der Waals surface area contributed by atoms with Gasteiger partial charge in [0.05, 0.1) is 12.5 Å². The van der Waals surface area contributed by atoms with Gasteiger partial charge in [0.15, 0.2) is 0 Å². The molecule has 3 nitrogen and oxygen atoms in total. The first-order chi connectivity index (χ1) is 7.80. The summed E-state index contributed by atoms with van der Waals surface area (Å²) in [7, 11) is 0. The fraction of sp³-hybridized carbons (Fsp3) is 0.462. The first-order valence-electron chi connectivity index (χ1n) is 5.45. The Kier molecular flexibility index (Phi) is 4.23. The molecule has 17 heavy (non-hydrogen) atoms. The lowest BCUT2D eigenvalue weighted by atomic mass is 9.82. The number of hydrogen-bond donors (Lipinski definition) is 2. The molecule has 1 aromatic carbocycles. The van der Waals surface area contributed by atoms with E-state index in [-0.39, 0.29) is 12.2 Å². The molecule has 0 saturated carbocycles. The van der Waals surface area contributed by atoms with E-state index < -0.39 is 17.5 Å². The van der Waals surface area contributed by atoms with Gasteiger partial charge in [-0.1, -0.05) is 26.0 Å². The van der Waals surface area contributed by atoms with E-state index in [0.29, 0.717) is 12.0 Å². The monoisotopic (exact) mass is 240 g/mol. The van der Waals surface area contributed by atoms with Crippen LogP contribution in [-0.4, -0.2) is 16.2 Å². The molecule has 0 aliphatic rings. The maximum Gasteiger partial charge on any atom is 0.303 e. The zero-order valence-corrected chi connectivity index (χ0v) is 9.98. The Labute approximate surface area is 99.9 Å². The van der Waals surface area contributed by atoms with Crippen LogP contribution in [0.15, 0.2) is 24.3 Å². The molecule has 94 valence electrons. The highest BCUT2D eigenvalue weighted by molar-refractivity contribution is 5.67. The van der Waals surface area contributed by atoms with E-state index >= 15 is 0 Å². The van der Waals surface area contributed by atoms with Gasteiger partial charge in [0.2, 0.25) is 0 Å². The third-order valence-corrected chi connectivity index (χ3v) is 2.63. The largest absolute Gasteiger partial charge is 0.481 e. The summed E-state index contributed by atoms with van der Waals surface area (Å²) in [5.74, 6) is -1.24. The van der Waals surface area contributed by atoms with Crippen molar-refractivity contribution >= 4 is 5.97 Å². The normalized spacial score (nSPS) is 13.4. The number of carbonyl (C=O) groups is 1. The number of benzene rings is 1. The van der Waals surface area contributed by atoms with Gasteiger partial charge < -0.3 is 10.2 Å². The molecule has 0 aliphatic carbocycles. The summed E-state index contributed by atoms with van der Waals surface area (Å²) < 4.78 is 12.7. The number of aliphatic hydroxyl groups is 1. The number of carboxylic acid groups (broad SMARTS) is 1. The maximum atomic E-state index is 12.7. The standard InChI is InChI=1S/C13H17FO3/c1-13(2,8-12(16)17)7-11(15)9-3-5-10(14)6-4-9/h3-6,11,15H,7-8H2,1-2H3,(H,16,17). The Morgan fingerprint density at radius 2 is 1.88 bits per heavy atom. The molecule has 0 aliphatic heterocycles. The Hall–Kier alpha value is -1.42. The highest BCUT2D eigenvalue weighted by Crippen LogP contribution is 2.32. The fourth-order valence-corrected chi connectivity index (χ4v) is 1.81. The smallest absolute Gasteiger partial charge is 0.303 e. The minimum Gasteiger partial charge on any atom is -0.481 e. The Balaban J connectivity index is 2.68. The van der Waals surface area contributed by atoms with Crippen LogP contribution in [0.3, 0.4) is 0 Å². The molecular formula is C13H17FO3. The summed E-state index contributed by atoms with van der Waals surface area (Å²) >= 11 is 0. The van der Waals surface area contributed by atoms with Crippen LogP contribution in [0.1, 0.15) is 38.4 Å². The molecule has 0 aromatic heterocycles. The topological polar surface area (TPSA) is 57.5 Å². The first kappa shape index (κ1) is 13.6. The molecule has 1 unspecified atom stereocenters. The molecule has 4 heteroatoms. The van der Waals surface area contributed by atoms with Gasteiger partial charge in [0.1, 0.15) is 5.82 Å². The molecule has 1 rings (SSSR count). The van der Waals surface area contributed by atoms with Gasteiger partial charge in [0.25, 0.3) is 0 Å². The summed E-state index contributed by atoms with van der Waals surface area (Å²) in [6.07, 6.45) is -0.458. The molecule has 0 amide bonds. The Bertz CT molecular complexity index is 384. The van der Waals surface area contributed by atoms with Crippen molar-refractivity contribution in [3.63, 3.8) is 0 Å². The SMILES string of the molecule is CC(C)(CC(=O)O)CC(O)c1ccc(F)cc1. The van der Waals surface area contributed by atoms with Crippen molar-refractivity contribution in [2.75, 3.05) is 0 Å². The Morgan fingerprint density at radius 1 is 1.35 bits per heavy atom. The van der Waals surface area contributed by atoms with Crippen LogP contribution in [0.25, 0.3) is 0 Å². The van der Waals surface area contributed by atoms with Crippen molar-refractivity contribution in [2.45, 2.75) is 32.8 Å². The van der Waals surface area contributed by atoms with Crippen molar-refractivity contribution in [3.8, 4) is 0 Å². The summed E-state index contributed by atoms with van der Waals surface area (Å²) in [6.45, 7) is 3.57. The minimum atomic E-state index is -0.888. The number of aliphatic carboxylic acids is 1. The van der Waals surface area contributed by atoms with Crippen LogP contribution < -0.4 is 0 Å². The third kappa shape index (κ3) is 4.53. The average Bonchev–Trinajstić information content (AvgIpc) is 2.15. The van der Waals surface area contributed by atoms with E-state index in [1.807, 2.05) is 0 Å². The van der Waals surface area contributed by atoms with E-state index in [9.17, 15) is 14.3 Å². The van der Waals surface area contributed by atoms with Gasteiger partial charge in [-0.25, -0.2) is 4.39 Å². The van der Waals surface area contributed by atoms with Crippen LogP contribution in [0.2, 0.25) is 0 Å². The predicted octanol–water partition coefficient (Wildman–Crippen LogP) is 2.75. The maximum absolute atomic E-state index is 12.7. The zero-order valence-electron chi connectivity index (χ0n) is 9.98. The van der Waals surface area contributed by atoms with Crippen molar-refractivity contribution in [1.29, 1.82) is 0 Å². The number of carboxylic acids is 1. The highest BCUT2D eigenvalue weighted by atomic mass is 19.1. The first-order valence-corrected chi connectivity index (χ1v) is 5.45. The van der Waals surface area contributed by atoms with Crippen molar-refractivity contribution in [3.05, 3.63) is 35.6 Å². The fourth-order valence-electron chi connectivity index (χ4n) is 1.81. The number of aliphatic hydroxyl groups excluding tert-OH is 1. The minimum absolute atomic E-state index is 0.00868. The van der Waals surface area contributed by atoms with Crippen LogP contribution in [0, 0.1) is 11.2 Å². The molecule has 0 saturated heterocycles. The second-order valence-corrected chi connectivity index (χ2v) is 5.01. The van der Waals surface area contributed by atoms with Gasteiger partial charge in [0, 0.05) is 0 Å². The second-order valence-electron chi connectivity index (χ2n) is 5.01. The highest BCUT2D eigenvalue weighted by Gasteiger charge is 2.25. The Morgan fingerprint density at radius 3 is 2.35 bits per heavy atom. The molecule has 0 radical (unpaired) electrons. The lowest BCUT2D eigenvalue weighted by Crippen LogP contribution is -2.20. The molecule has 2 N–H and O–H groups in total. The summed E-state index contributed by atoms with van der Waals surface area (Å²) in [4.78, 5) is 10.6. The van der Waals surface area contributed by atoms with E-state index in [2.05, 4.69) is 0 Å². The average molecular weight is 240 g/mol. The summed E-state index contributed by atoms with van der Waals surface area (Å²) in [6, 6.07) is 5.58. The van der Waals surface area contributed by atoms with Gasteiger partial charge in [-0.2, -0.15) is 0 Å². The molecule has 0 bridgehead atoms. The molecule has 0 fully saturated rings. The van der Waals surface area contributed by atoms with Crippen molar-refractivity contribution in [2.24, 2.45) is 5.41 Å². The summed E-state index contributed by atoms with van der Waals surface area (Å²) in [5, 5.41) is 18.7. The third-order valence-electron chi connectivity index (χ3n) is 2.63. The number of halogens is 1. The molecule has 1 aromatic rings. The van der Waals surface area contributed by atoms with Gasteiger partial charge in [-0.15, -0.1) is 0 Å². The number of rotatable bonds is 5. The van der Waals surface area contributed by atoms with Gasteiger partial charge in [-0.05, 0) is 29.5 Å². The van der Waals surface area contributed by atoms with E-state index in [4.69, 9.17) is 5.11 Å². The van der Waals surface area contributed by atoms with Crippen LogP contribution in [0.4, 0.5) is 4.39 Å². The number of hydrogen-bond acceptors (Lipinski definition) is 2. The quantitative estimate of drug-likeness (QED) is 0.832. The molecule has 0 heterocycles. The van der Waals surface area contributed by atoms with E-state index in [0.717, 1.165) is 0 Å². The molecular weight excluding hydrogens is 223 g/mol. The lowest BCUT2D eigenvalue weighted by Gasteiger charge is -2.25. The van der Waals surface area contributed by atoms with Crippen LogP contribution in [0.5, 0.6) is 0 Å². The second kappa shape index (κ2) is 5.27. The van der Waals surface area contributed by atoms with Gasteiger partial charge >= 0.3 is 5.97 Å². The van der Waals surface area contributed by atoms with Crippen molar-refractivity contribution in [1.82, 2.24) is 0 Å². The zero-order chi connectivity index (χ0) is 13.1. The molecule has 1 atom stereocenters. The van der Waals surface area contributed by atoms with Crippen molar-refractivity contribution < 1.29 is 19.4 Å². The summed E-state index contributed by atoms with van der Waals surface area (Å²) in [5.41, 5.74) is 0.101. The van der Waals surface area contributed by atoms with Gasteiger partial charge in [-0.3, -0.25) is 4.79 Å². The van der Waals surface area contributed by atoms with Crippen LogP contribution in [-0.2, 0) is 4.79 Å². The van der Waals surface area contributed by atoms with E-state index in [1.165, 1.54) is 24.3 Å². The van der Waals surface area contributed by atoms with E-state index in [1.54, 1.807) is 13.8 Å². The predicted molar refractivity (Wildman–Crippen MR) is 62.0 cm³/mol. The van der Waals surface area contributed by atoms with Crippen LogP contribution >= 0.6 is 0 Å². The lowest BCUT2D eigenvalue weighted by molar-refractivity contribution is -0.139.